The first-order chi connectivity index (χ1) is 6.18. The predicted octanol–water partition coefficient (Wildman–Crippen LogP) is 1.11. The maximum atomic E-state index is 11.0. The van der Waals surface area contributed by atoms with E-state index < -0.39 is 5.69 Å². The predicted molar refractivity (Wildman–Crippen MR) is 59.5 cm³/mol. The molecule has 2 rings (SSSR count). The molecule has 0 radical (unpaired) electrons. The van der Waals surface area contributed by atoms with Crippen LogP contribution in [-0.4, -0.2) is 9.97 Å². The van der Waals surface area contributed by atoms with Crippen molar-refractivity contribution in [2.24, 2.45) is 0 Å². The molecule has 0 spiro atoms. The van der Waals surface area contributed by atoms with Gasteiger partial charge in [0.25, 0.3) is 0 Å². The third-order valence-electron chi connectivity index (χ3n) is 1.73. The van der Waals surface area contributed by atoms with Gasteiger partial charge < -0.3 is 10.7 Å². The van der Waals surface area contributed by atoms with Crippen LogP contribution in [0.2, 0.25) is 0 Å². The Bertz CT molecular complexity index is 520. The molecule has 0 fully saturated rings. The van der Waals surface area contributed by atoms with E-state index >= 15 is 0 Å². The van der Waals surface area contributed by atoms with E-state index in [-0.39, 0.29) is 5.82 Å². The number of hydrogen-bond acceptors (Lipinski definition) is 3. The fourth-order valence-electron chi connectivity index (χ4n) is 1.20. The summed E-state index contributed by atoms with van der Waals surface area (Å²) < 4.78 is 0.983. The van der Waals surface area contributed by atoms with Gasteiger partial charge in [-0.2, -0.15) is 4.98 Å². The summed E-state index contributed by atoms with van der Waals surface area (Å²) in [6.07, 6.45) is 0. The summed E-state index contributed by atoms with van der Waals surface area (Å²) in [5.41, 5.74) is 5.94. The third-order valence-corrected chi connectivity index (χ3v) is 2.63. The van der Waals surface area contributed by atoms with Crippen LogP contribution < -0.4 is 11.4 Å². The maximum absolute atomic E-state index is 11.0. The Hall–Kier alpha value is -1.11. The molecular formula is C8H6IN3O. The molecule has 0 unspecified atom stereocenters. The molecule has 2 aromatic rings. The van der Waals surface area contributed by atoms with Gasteiger partial charge in [0.05, 0.1) is 10.9 Å². The van der Waals surface area contributed by atoms with Crippen LogP contribution in [-0.2, 0) is 0 Å². The summed E-state index contributed by atoms with van der Waals surface area (Å²) in [7, 11) is 0. The highest BCUT2D eigenvalue weighted by molar-refractivity contribution is 14.1. The molecule has 0 aliphatic carbocycles. The Morgan fingerprint density at radius 2 is 2.23 bits per heavy atom. The molecule has 5 heteroatoms. The van der Waals surface area contributed by atoms with Crippen LogP contribution in [0.1, 0.15) is 0 Å². The van der Waals surface area contributed by atoms with E-state index in [0.717, 1.165) is 14.5 Å². The number of hydrogen-bond donors (Lipinski definition) is 2. The van der Waals surface area contributed by atoms with Crippen molar-refractivity contribution in [2.45, 2.75) is 0 Å². The second-order valence-electron chi connectivity index (χ2n) is 2.59. The van der Waals surface area contributed by atoms with Gasteiger partial charge in [-0.1, -0.05) is 6.07 Å². The number of halogens is 1. The number of anilines is 1. The van der Waals surface area contributed by atoms with Crippen molar-refractivity contribution in [1.29, 1.82) is 0 Å². The fourth-order valence-corrected chi connectivity index (χ4v) is 1.97. The van der Waals surface area contributed by atoms with Gasteiger partial charge in [0.15, 0.2) is 0 Å². The van der Waals surface area contributed by atoms with E-state index in [1.54, 1.807) is 6.07 Å². The number of nitrogens with two attached hydrogens (primary N) is 1. The van der Waals surface area contributed by atoms with Crippen LogP contribution in [0.4, 0.5) is 5.82 Å². The molecular weight excluding hydrogens is 281 g/mol. The van der Waals surface area contributed by atoms with Gasteiger partial charge in [0.1, 0.15) is 5.82 Å². The molecule has 0 bridgehead atoms. The molecule has 1 aromatic heterocycles. The van der Waals surface area contributed by atoms with Crippen molar-refractivity contribution < 1.29 is 0 Å². The summed E-state index contributed by atoms with van der Waals surface area (Å²) in [6.45, 7) is 0. The van der Waals surface area contributed by atoms with Gasteiger partial charge in [-0.05, 0) is 34.7 Å². The summed E-state index contributed by atoms with van der Waals surface area (Å²) in [6, 6.07) is 5.58. The number of nitrogens with zero attached hydrogens (tertiary/aromatic N) is 1. The van der Waals surface area contributed by atoms with Crippen LogP contribution in [0.25, 0.3) is 10.9 Å². The first-order valence-corrected chi connectivity index (χ1v) is 4.70. The first-order valence-electron chi connectivity index (χ1n) is 3.62. The van der Waals surface area contributed by atoms with Crippen LogP contribution >= 0.6 is 22.6 Å². The number of rotatable bonds is 0. The minimum Gasteiger partial charge on any atom is -0.383 e. The highest BCUT2D eigenvalue weighted by atomic mass is 127. The third kappa shape index (κ3) is 1.39. The zero-order chi connectivity index (χ0) is 9.42. The maximum Gasteiger partial charge on any atom is 0.347 e. The van der Waals surface area contributed by atoms with Crippen molar-refractivity contribution >= 4 is 39.3 Å². The minimum atomic E-state index is -0.410. The van der Waals surface area contributed by atoms with E-state index in [0.29, 0.717) is 0 Å². The molecule has 4 nitrogen and oxygen atoms in total. The monoisotopic (exact) mass is 287 g/mol. The molecule has 1 heterocycles. The zero-order valence-electron chi connectivity index (χ0n) is 6.54. The second-order valence-corrected chi connectivity index (χ2v) is 3.75. The Morgan fingerprint density at radius 3 is 3.00 bits per heavy atom. The lowest BCUT2D eigenvalue weighted by molar-refractivity contribution is 1.13. The normalized spacial score (nSPS) is 10.5. The quantitative estimate of drug-likeness (QED) is 0.713. The Labute approximate surface area is 87.3 Å². The molecule has 0 saturated heterocycles. The number of nitrogens with one attached hydrogen (secondary N) is 1. The molecule has 66 valence electrons. The standard InChI is InChI=1S/C8H6IN3O/c9-4-2-1-3-5-6(4)7(10)12-8(13)11-5/h1-3H,(H3,10,11,12,13). The van der Waals surface area contributed by atoms with E-state index in [9.17, 15) is 4.79 Å². The van der Waals surface area contributed by atoms with Crippen LogP contribution in [0.3, 0.4) is 0 Å². The van der Waals surface area contributed by atoms with E-state index in [2.05, 4.69) is 32.6 Å². The SMILES string of the molecule is Nc1nc(=O)[nH]c2cccc(I)c12. The number of aromatic nitrogens is 2. The van der Waals surface area contributed by atoms with Crippen LogP contribution in [0.15, 0.2) is 23.0 Å². The van der Waals surface area contributed by atoms with Crippen molar-refractivity contribution in [3.63, 3.8) is 0 Å². The van der Waals surface area contributed by atoms with Crippen molar-refractivity contribution in [3.8, 4) is 0 Å². The summed E-state index contributed by atoms with van der Waals surface area (Å²) in [5.74, 6) is 0.281. The Balaban J connectivity index is 3.03. The number of H-pyrrole nitrogens is 1. The van der Waals surface area contributed by atoms with Crippen molar-refractivity contribution in [3.05, 3.63) is 32.3 Å². The highest BCUT2D eigenvalue weighted by Crippen LogP contribution is 2.21. The second kappa shape index (κ2) is 2.99. The van der Waals surface area contributed by atoms with Crippen LogP contribution in [0.5, 0.6) is 0 Å². The van der Waals surface area contributed by atoms with Gasteiger partial charge in [0, 0.05) is 3.57 Å². The lowest BCUT2D eigenvalue weighted by Gasteiger charge is -2.01. The largest absolute Gasteiger partial charge is 0.383 e. The number of benzene rings is 1. The van der Waals surface area contributed by atoms with Crippen molar-refractivity contribution in [2.75, 3.05) is 5.73 Å². The molecule has 3 N–H and O–H groups in total. The summed E-state index contributed by atoms with van der Waals surface area (Å²) >= 11 is 2.15. The van der Waals surface area contributed by atoms with E-state index in [1.807, 2.05) is 12.1 Å². The smallest absolute Gasteiger partial charge is 0.347 e. The van der Waals surface area contributed by atoms with Crippen LogP contribution in [0, 0.1) is 3.57 Å². The lowest BCUT2D eigenvalue weighted by Crippen LogP contribution is -2.12. The average Bonchev–Trinajstić information content (AvgIpc) is 2.02. The molecule has 0 aliphatic heterocycles. The Kier molecular flexibility index (Phi) is 1.95. The topological polar surface area (TPSA) is 71.8 Å². The molecule has 0 aliphatic rings. The van der Waals surface area contributed by atoms with Gasteiger partial charge >= 0.3 is 5.69 Å². The van der Waals surface area contributed by atoms with E-state index in [1.165, 1.54) is 0 Å². The molecule has 1 aromatic carbocycles. The number of aromatic amines is 1. The van der Waals surface area contributed by atoms with Gasteiger partial charge in [0.2, 0.25) is 0 Å². The summed E-state index contributed by atoms with van der Waals surface area (Å²) in [4.78, 5) is 17.2. The molecule has 0 saturated carbocycles. The molecule has 0 amide bonds. The number of fused-ring (bicyclic) bond motifs is 1. The minimum absolute atomic E-state index is 0.281. The average molecular weight is 287 g/mol. The van der Waals surface area contributed by atoms with Gasteiger partial charge in [-0.25, -0.2) is 4.79 Å². The first kappa shape index (κ1) is 8.49. The Morgan fingerprint density at radius 1 is 1.46 bits per heavy atom. The van der Waals surface area contributed by atoms with E-state index in [4.69, 9.17) is 5.73 Å². The molecule has 0 atom stereocenters. The molecule has 13 heavy (non-hydrogen) atoms. The zero-order valence-corrected chi connectivity index (χ0v) is 8.70. The van der Waals surface area contributed by atoms with Crippen molar-refractivity contribution in [1.82, 2.24) is 9.97 Å². The summed E-state index contributed by atoms with van der Waals surface area (Å²) in [5, 5.41) is 0.808. The highest BCUT2D eigenvalue weighted by Gasteiger charge is 2.03. The lowest BCUT2D eigenvalue weighted by atomic mass is 10.2. The number of nitrogen functional groups attached to an aromatic ring is 1. The fraction of sp³-hybridized carbons (Fsp3) is 0. The van der Waals surface area contributed by atoms with Gasteiger partial charge in [-0.15, -0.1) is 0 Å². The van der Waals surface area contributed by atoms with Gasteiger partial charge in [-0.3, -0.25) is 0 Å².